The molecule has 0 aliphatic carbocycles. The molecule has 2 rings (SSSR count). The standard InChI is InChI=1S/C13H17Cl2NO/c14-11-5-3-6-12(13(11)15)17-10-4-9-16-7-1-2-8-16/h3,5-6H,1-2,4,7-10H2/p+1. The van der Waals surface area contributed by atoms with E-state index in [1.807, 2.05) is 12.1 Å². The van der Waals surface area contributed by atoms with E-state index in [1.54, 1.807) is 11.0 Å². The number of halogens is 2. The SMILES string of the molecule is Clc1cccc(OCCC[NH+]2CCCC2)c1Cl. The van der Waals surface area contributed by atoms with E-state index in [0.29, 0.717) is 22.4 Å². The van der Waals surface area contributed by atoms with Crippen LogP contribution in [0.3, 0.4) is 0 Å². The number of likely N-dealkylation sites (tertiary alicyclic amines) is 1. The van der Waals surface area contributed by atoms with Crippen molar-refractivity contribution in [2.45, 2.75) is 19.3 Å². The van der Waals surface area contributed by atoms with Crippen LogP contribution in [0.1, 0.15) is 19.3 Å². The van der Waals surface area contributed by atoms with Crippen molar-refractivity contribution in [2.75, 3.05) is 26.2 Å². The Hall–Kier alpha value is -0.440. The molecule has 0 saturated carbocycles. The first-order valence-electron chi connectivity index (χ1n) is 6.18. The van der Waals surface area contributed by atoms with Gasteiger partial charge >= 0.3 is 0 Å². The van der Waals surface area contributed by atoms with E-state index in [2.05, 4.69) is 0 Å². The topological polar surface area (TPSA) is 13.7 Å². The Kier molecular flexibility index (Phi) is 4.96. The second kappa shape index (κ2) is 6.48. The Morgan fingerprint density at radius 3 is 2.71 bits per heavy atom. The van der Waals surface area contributed by atoms with Crippen molar-refractivity contribution < 1.29 is 9.64 Å². The minimum absolute atomic E-state index is 0.516. The molecule has 1 heterocycles. The van der Waals surface area contributed by atoms with Crippen LogP contribution in [0.5, 0.6) is 5.75 Å². The molecule has 1 saturated heterocycles. The lowest BCUT2D eigenvalue weighted by molar-refractivity contribution is -0.887. The number of ether oxygens (including phenoxy) is 1. The molecular formula is C13H18Cl2NO+. The first-order chi connectivity index (χ1) is 8.27. The van der Waals surface area contributed by atoms with E-state index < -0.39 is 0 Å². The number of rotatable bonds is 5. The van der Waals surface area contributed by atoms with Crippen molar-refractivity contribution in [1.82, 2.24) is 0 Å². The molecule has 2 nitrogen and oxygen atoms in total. The van der Waals surface area contributed by atoms with Crippen LogP contribution < -0.4 is 9.64 Å². The molecule has 0 unspecified atom stereocenters. The van der Waals surface area contributed by atoms with Crippen molar-refractivity contribution in [2.24, 2.45) is 0 Å². The molecule has 17 heavy (non-hydrogen) atoms. The molecule has 0 aromatic heterocycles. The summed E-state index contributed by atoms with van der Waals surface area (Å²) in [6, 6.07) is 5.48. The molecule has 0 radical (unpaired) electrons. The Morgan fingerprint density at radius 1 is 1.18 bits per heavy atom. The number of hydrogen-bond acceptors (Lipinski definition) is 1. The van der Waals surface area contributed by atoms with Crippen molar-refractivity contribution >= 4 is 23.2 Å². The molecular weight excluding hydrogens is 257 g/mol. The molecule has 0 atom stereocenters. The zero-order valence-electron chi connectivity index (χ0n) is 9.85. The fourth-order valence-electron chi connectivity index (χ4n) is 2.22. The van der Waals surface area contributed by atoms with E-state index in [-0.39, 0.29) is 0 Å². The van der Waals surface area contributed by atoms with Gasteiger partial charge < -0.3 is 9.64 Å². The largest absolute Gasteiger partial charge is 0.492 e. The molecule has 0 amide bonds. The highest BCUT2D eigenvalue weighted by atomic mass is 35.5. The molecule has 1 fully saturated rings. The van der Waals surface area contributed by atoms with E-state index in [9.17, 15) is 0 Å². The van der Waals surface area contributed by atoms with Crippen LogP contribution in [0.25, 0.3) is 0 Å². The van der Waals surface area contributed by atoms with Crippen molar-refractivity contribution in [3.8, 4) is 5.75 Å². The van der Waals surface area contributed by atoms with Gasteiger partial charge in [-0.25, -0.2) is 0 Å². The van der Waals surface area contributed by atoms with Crippen molar-refractivity contribution in [3.05, 3.63) is 28.2 Å². The number of nitrogens with one attached hydrogen (secondary N) is 1. The third-order valence-electron chi connectivity index (χ3n) is 3.16. The van der Waals surface area contributed by atoms with Crippen LogP contribution in [0.2, 0.25) is 10.0 Å². The summed E-state index contributed by atoms with van der Waals surface area (Å²) in [6.07, 6.45) is 3.81. The maximum absolute atomic E-state index is 6.04. The van der Waals surface area contributed by atoms with Crippen LogP contribution in [0.15, 0.2) is 18.2 Å². The maximum Gasteiger partial charge on any atom is 0.139 e. The van der Waals surface area contributed by atoms with Gasteiger partial charge in [0, 0.05) is 19.3 Å². The third kappa shape index (κ3) is 3.77. The summed E-state index contributed by atoms with van der Waals surface area (Å²) in [5.41, 5.74) is 0. The summed E-state index contributed by atoms with van der Waals surface area (Å²) < 4.78 is 5.65. The van der Waals surface area contributed by atoms with E-state index in [4.69, 9.17) is 27.9 Å². The summed E-state index contributed by atoms with van der Waals surface area (Å²) in [4.78, 5) is 1.70. The summed E-state index contributed by atoms with van der Waals surface area (Å²) in [5, 5.41) is 1.07. The van der Waals surface area contributed by atoms with Gasteiger partial charge in [-0.1, -0.05) is 29.3 Å². The molecule has 4 heteroatoms. The van der Waals surface area contributed by atoms with Gasteiger partial charge in [0.2, 0.25) is 0 Å². The van der Waals surface area contributed by atoms with Gasteiger partial charge in [0.15, 0.2) is 0 Å². The molecule has 1 aliphatic rings. The summed E-state index contributed by atoms with van der Waals surface area (Å²) >= 11 is 12.0. The van der Waals surface area contributed by atoms with Gasteiger partial charge in [-0.3, -0.25) is 0 Å². The fourth-order valence-corrected chi connectivity index (χ4v) is 2.57. The van der Waals surface area contributed by atoms with Gasteiger partial charge in [0.1, 0.15) is 10.8 Å². The predicted molar refractivity (Wildman–Crippen MR) is 71.4 cm³/mol. The Morgan fingerprint density at radius 2 is 1.94 bits per heavy atom. The van der Waals surface area contributed by atoms with Crippen LogP contribution in [-0.4, -0.2) is 26.2 Å². The van der Waals surface area contributed by atoms with Crippen LogP contribution in [0.4, 0.5) is 0 Å². The zero-order valence-corrected chi connectivity index (χ0v) is 11.4. The average molecular weight is 275 g/mol. The monoisotopic (exact) mass is 274 g/mol. The van der Waals surface area contributed by atoms with Gasteiger partial charge in [-0.05, 0) is 12.1 Å². The first kappa shape index (κ1) is 13.0. The number of benzene rings is 1. The third-order valence-corrected chi connectivity index (χ3v) is 3.96. The van der Waals surface area contributed by atoms with Gasteiger partial charge in [0.25, 0.3) is 0 Å². The molecule has 1 aliphatic heterocycles. The minimum Gasteiger partial charge on any atom is -0.492 e. The Balaban J connectivity index is 1.72. The van der Waals surface area contributed by atoms with Crippen LogP contribution >= 0.6 is 23.2 Å². The quantitative estimate of drug-likeness (QED) is 0.815. The number of hydrogen-bond donors (Lipinski definition) is 1. The predicted octanol–water partition coefficient (Wildman–Crippen LogP) is 2.44. The number of quaternary nitrogens is 1. The first-order valence-corrected chi connectivity index (χ1v) is 6.93. The fraction of sp³-hybridized carbons (Fsp3) is 0.538. The second-order valence-electron chi connectivity index (χ2n) is 4.46. The zero-order chi connectivity index (χ0) is 12.1. The molecule has 0 spiro atoms. The van der Waals surface area contributed by atoms with Gasteiger partial charge in [-0.2, -0.15) is 0 Å². The van der Waals surface area contributed by atoms with Gasteiger partial charge in [0.05, 0.1) is 31.3 Å². The lowest BCUT2D eigenvalue weighted by atomic mass is 10.3. The summed E-state index contributed by atoms with van der Waals surface area (Å²) in [7, 11) is 0. The van der Waals surface area contributed by atoms with Crippen molar-refractivity contribution in [3.63, 3.8) is 0 Å². The Bertz CT molecular complexity index is 364. The molecule has 0 bridgehead atoms. The maximum atomic E-state index is 6.04. The normalized spacial score (nSPS) is 16.4. The van der Waals surface area contributed by atoms with Crippen LogP contribution in [0, 0.1) is 0 Å². The minimum atomic E-state index is 0.516. The highest BCUT2D eigenvalue weighted by Crippen LogP contribution is 2.31. The highest BCUT2D eigenvalue weighted by Gasteiger charge is 2.14. The Labute approximate surface area is 112 Å². The van der Waals surface area contributed by atoms with Crippen LogP contribution in [-0.2, 0) is 0 Å². The van der Waals surface area contributed by atoms with E-state index >= 15 is 0 Å². The smallest absolute Gasteiger partial charge is 0.139 e. The highest BCUT2D eigenvalue weighted by molar-refractivity contribution is 6.42. The van der Waals surface area contributed by atoms with Crippen molar-refractivity contribution in [1.29, 1.82) is 0 Å². The van der Waals surface area contributed by atoms with E-state index in [1.165, 1.54) is 32.5 Å². The summed E-state index contributed by atoms with van der Waals surface area (Å²) in [6.45, 7) is 4.54. The molecule has 94 valence electrons. The summed E-state index contributed by atoms with van der Waals surface area (Å²) in [5.74, 6) is 0.690. The molecule has 1 aromatic carbocycles. The van der Waals surface area contributed by atoms with E-state index in [0.717, 1.165) is 6.42 Å². The lowest BCUT2D eigenvalue weighted by Crippen LogP contribution is -3.10. The van der Waals surface area contributed by atoms with Gasteiger partial charge in [-0.15, -0.1) is 0 Å². The second-order valence-corrected chi connectivity index (χ2v) is 5.25. The molecule has 1 aromatic rings. The lowest BCUT2D eigenvalue weighted by Gasteiger charge is -2.13. The average Bonchev–Trinajstić information content (AvgIpc) is 2.83. The molecule has 1 N–H and O–H groups in total.